The van der Waals surface area contributed by atoms with Crippen molar-refractivity contribution >= 4 is 17.3 Å². The van der Waals surface area contributed by atoms with E-state index in [4.69, 9.17) is 16.7 Å². The highest BCUT2D eigenvalue weighted by Gasteiger charge is 2.10. The zero-order valence-corrected chi connectivity index (χ0v) is 10.5. The molecule has 3 heteroatoms. The minimum atomic E-state index is -0.0255. The lowest BCUT2D eigenvalue weighted by Crippen LogP contribution is -2.30. The Balaban J connectivity index is 3.01. The zero-order valence-electron chi connectivity index (χ0n) is 9.78. The molecule has 0 bridgehead atoms. The van der Waals surface area contributed by atoms with E-state index in [0.29, 0.717) is 11.1 Å². The third kappa shape index (κ3) is 3.00. The van der Waals surface area contributed by atoms with E-state index in [2.05, 4.69) is 25.3 Å². The molecule has 1 N–H and O–H groups in total. The third-order valence-corrected chi connectivity index (χ3v) is 2.84. The maximum Gasteiger partial charge on any atom is 0.0696 e. The average molecular weight is 240 g/mol. The predicted molar refractivity (Wildman–Crippen MR) is 70.1 cm³/mol. The summed E-state index contributed by atoms with van der Waals surface area (Å²) >= 11 is 6.07. The summed E-state index contributed by atoms with van der Waals surface area (Å²) in [4.78, 5) is 2.19. The summed E-state index contributed by atoms with van der Waals surface area (Å²) in [6.45, 7) is 8.75. The van der Waals surface area contributed by atoms with Crippen LogP contribution in [0.15, 0.2) is 30.9 Å². The quantitative estimate of drug-likeness (QED) is 0.798. The Morgan fingerprint density at radius 1 is 1.50 bits per heavy atom. The summed E-state index contributed by atoms with van der Waals surface area (Å²) < 4.78 is 0. The van der Waals surface area contributed by atoms with Gasteiger partial charge in [0.1, 0.15) is 0 Å². The average Bonchev–Trinajstić information content (AvgIpc) is 2.25. The Morgan fingerprint density at radius 2 is 2.19 bits per heavy atom. The molecule has 0 radical (unpaired) electrons. The van der Waals surface area contributed by atoms with E-state index in [9.17, 15) is 0 Å². The molecule has 0 aliphatic heterocycles. The maximum absolute atomic E-state index is 9.05. The Labute approximate surface area is 102 Å². The van der Waals surface area contributed by atoms with Crippen molar-refractivity contribution < 1.29 is 5.11 Å². The first-order valence-electron chi connectivity index (χ1n) is 5.37. The van der Waals surface area contributed by atoms with Crippen molar-refractivity contribution in [3.8, 4) is 0 Å². The highest BCUT2D eigenvalue weighted by atomic mass is 35.5. The third-order valence-electron chi connectivity index (χ3n) is 2.49. The van der Waals surface area contributed by atoms with Crippen LogP contribution in [-0.4, -0.2) is 17.7 Å². The van der Waals surface area contributed by atoms with Gasteiger partial charge < -0.3 is 10.0 Å². The van der Waals surface area contributed by atoms with E-state index in [1.165, 1.54) is 0 Å². The number of nitrogens with zero attached hydrogens (tertiary/aromatic N) is 1. The first-order chi connectivity index (χ1) is 7.60. The van der Waals surface area contributed by atoms with Crippen LogP contribution in [0.5, 0.6) is 0 Å². The van der Waals surface area contributed by atoms with Gasteiger partial charge >= 0.3 is 0 Å². The number of hydrogen-bond donors (Lipinski definition) is 1. The Bertz CT molecular complexity index is 363. The summed E-state index contributed by atoms with van der Waals surface area (Å²) in [5.41, 5.74) is 1.81. The fourth-order valence-electron chi connectivity index (χ4n) is 1.60. The molecule has 0 saturated carbocycles. The number of anilines is 1. The van der Waals surface area contributed by atoms with Gasteiger partial charge in [-0.15, -0.1) is 6.58 Å². The van der Waals surface area contributed by atoms with Crippen molar-refractivity contribution in [3.05, 3.63) is 41.4 Å². The van der Waals surface area contributed by atoms with Gasteiger partial charge in [0.05, 0.1) is 6.61 Å². The van der Waals surface area contributed by atoms with Crippen LogP contribution in [0, 0.1) is 0 Å². The van der Waals surface area contributed by atoms with Gasteiger partial charge in [0, 0.05) is 23.3 Å². The fraction of sp³-hybridized carbons (Fsp3) is 0.385. The molecule has 0 heterocycles. The Hall–Kier alpha value is -0.990. The molecule has 16 heavy (non-hydrogen) atoms. The van der Waals surface area contributed by atoms with Crippen LogP contribution in [0.4, 0.5) is 5.69 Å². The number of aliphatic hydroxyl groups excluding tert-OH is 1. The summed E-state index contributed by atoms with van der Waals surface area (Å²) in [6, 6.07) is 6.10. The van der Waals surface area contributed by atoms with Crippen LogP contribution < -0.4 is 4.90 Å². The number of rotatable bonds is 5. The topological polar surface area (TPSA) is 23.5 Å². The molecule has 88 valence electrons. The summed E-state index contributed by atoms with van der Waals surface area (Å²) in [7, 11) is 0. The second-order valence-electron chi connectivity index (χ2n) is 3.97. The minimum Gasteiger partial charge on any atom is -0.392 e. The van der Waals surface area contributed by atoms with Gasteiger partial charge in [-0.1, -0.05) is 23.7 Å². The number of hydrogen-bond acceptors (Lipinski definition) is 2. The summed E-state index contributed by atoms with van der Waals surface area (Å²) in [5.74, 6) is 0. The van der Waals surface area contributed by atoms with Gasteiger partial charge in [-0.05, 0) is 31.5 Å². The lowest BCUT2D eigenvalue weighted by Gasteiger charge is -2.28. The number of aliphatic hydroxyl groups is 1. The van der Waals surface area contributed by atoms with Crippen LogP contribution >= 0.6 is 11.6 Å². The van der Waals surface area contributed by atoms with Crippen molar-refractivity contribution in [2.75, 3.05) is 11.4 Å². The van der Waals surface area contributed by atoms with Crippen LogP contribution in [0.25, 0.3) is 0 Å². The second kappa shape index (κ2) is 5.92. The summed E-state index contributed by atoms with van der Waals surface area (Å²) in [5, 5.41) is 9.65. The fourth-order valence-corrected chi connectivity index (χ4v) is 1.83. The smallest absolute Gasteiger partial charge is 0.0696 e. The van der Waals surface area contributed by atoms with E-state index in [1.807, 2.05) is 24.3 Å². The molecule has 0 spiro atoms. The molecule has 0 fully saturated rings. The molecule has 1 aromatic carbocycles. The SMILES string of the molecule is C=CCN(c1ccc(CO)c(Cl)c1)C(C)C. The normalized spacial score (nSPS) is 10.6. The number of benzene rings is 1. The van der Waals surface area contributed by atoms with E-state index in [-0.39, 0.29) is 6.61 Å². The van der Waals surface area contributed by atoms with Gasteiger partial charge in [0.2, 0.25) is 0 Å². The monoisotopic (exact) mass is 239 g/mol. The van der Waals surface area contributed by atoms with E-state index < -0.39 is 0 Å². The minimum absolute atomic E-state index is 0.0255. The molecule has 1 rings (SSSR count). The van der Waals surface area contributed by atoms with Crippen molar-refractivity contribution in [1.29, 1.82) is 0 Å². The van der Waals surface area contributed by atoms with Gasteiger partial charge in [0.25, 0.3) is 0 Å². The maximum atomic E-state index is 9.05. The van der Waals surface area contributed by atoms with Gasteiger partial charge in [-0.2, -0.15) is 0 Å². The zero-order chi connectivity index (χ0) is 12.1. The standard InChI is InChI=1S/C13H18ClNO/c1-4-7-15(10(2)3)12-6-5-11(9-16)13(14)8-12/h4-6,8,10,16H,1,7,9H2,2-3H3. The summed E-state index contributed by atoms with van der Waals surface area (Å²) in [6.07, 6.45) is 1.87. The van der Waals surface area contributed by atoms with Crippen molar-refractivity contribution in [2.45, 2.75) is 26.5 Å². The molecule has 0 aromatic heterocycles. The van der Waals surface area contributed by atoms with Crippen LogP contribution in [-0.2, 0) is 6.61 Å². The first-order valence-corrected chi connectivity index (χ1v) is 5.74. The molecule has 2 nitrogen and oxygen atoms in total. The molecule has 0 saturated heterocycles. The van der Waals surface area contributed by atoms with E-state index in [0.717, 1.165) is 17.8 Å². The van der Waals surface area contributed by atoms with Crippen LogP contribution in [0.3, 0.4) is 0 Å². The second-order valence-corrected chi connectivity index (χ2v) is 4.38. The predicted octanol–water partition coefficient (Wildman–Crippen LogP) is 3.23. The lowest BCUT2D eigenvalue weighted by atomic mass is 10.1. The van der Waals surface area contributed by atoms with Crippen molar-refractivity contribution in [1.82, 2.24) is 0 Å². The van der Waals surface area contributed by atoms with E-state index in [1.54, 1.807) is 0 Å². The molecular weight excluding hydrogens is 222 g/mol. The van der Waals surface area contributed by atoms with Crippen LogP contribution in [0.1, 0.15) is 19.4 Å². The molecule has 0 aliphatic rings. The molecule has 1 aromatic rings. The molecular formula is C13H18ClNO. The molecule has 0 aliphatic carbocycles. The van der Waals surface area contributed by atoms with Gasteiger partial charge in [-0.25, -0.2) is 0 Å². The highest BCUT2D eigenvalue weighted by molar-refractivity contribution is 6.31. The molecule has 0 amide bonds. The Morgan fingerprint density at radius 3 is 2.62 bits per heavy atom. The molecule has 0 unspecified atom stereocenters. The van der Waals surface area contributed by atoms with Crippen molar-refractivity contribution in [2.24, 2.45) is 0 Å². The van der Waals surface area contributed by atoms with Gasteiger partial charge in [0.15, 0.2) is 0 Å². The molecule has 0 atom stereocenters. The lowest BCUT2D eigenvalue weighted by molar-refractivity contribution is 0.282. The van der Waals surface area contributed by atoms with Crippen molar-refractivity contribution in [3.63, 3.8) is 0 Å². The largest absolute Gasteiger partial charge is 0.392 e. The van der Waals surface area contributed by atoms with E-state index >= 15 is 0 Å². The Kier molecular flexibility index (Phi) is 4.84. The van der Waals surface area contributed by atoms with Gasteiger partial charge in [-0.3, -0.25) is 0 Å². The first kappa shape index (κ1) is 13.1. The highest BCUT2D eigenvalue weighted by Crippen LogP contribution is 2.25. The van der Waals surface area contributed by atoms with Crippen LogP contribution in [0.2, 0.25) is 5.02 Å². The number of halogens is 1.